The summed E-state index contributed by atoms with van der Waals surface area (Å²) in [5.74, 6) is 0.715. The SMILES string of the molecule is Cc1ccc(Cl)cc1NC(=O)c1noc(C)c1COc1cccc(Cl)c1. The number of anilines is 1. The highest BCUT2D eigenvalue weighted by molar-refractivity contribution is 6.31. The molecule has 3 rings (SSSR count). The van der Waals surface area contributed by atoms with Crippen molar-refractivity contribution in [2.45, 2.75) is 20.5 Å². The quantitative estimate of drug-likeness (QED) is 0.630. The molecule has 0 saturated carbocycles. The van der Waals surface area contributed by atoms with Crippen molar-refractivity contribution in [3.63, 3.8) is 0 Å². The van der Waals surface area contributed by atoms with Gasteiger partial charge in [0.2, 0.25) is 0 Å². The molecule has 0 aliphatic rings. The molecule has 134 valence electrons. The number of benzene rings is 2. The normalized spacial score (nSPS) is 10.6. The molecule has 0 unspecified atom stereocenters. The van der Waals surface area contributed by atoms with Crippen LogP contribution in [0.5, 0.6) is 5.75 Å². The Morgan fingerprint density at radius 3 is 2.69 bits per heavy atom. The molecule has 0 aliphatic carbocycles. The largest absolute Gasteiger partial charge is 0.489 e. The van der Waals surface area contributed by atoms with Crippen LogP contribution in [0.3, 0.4) is 0 Å². The van der Waals surface area contributed by atoms with E-state index in [-0.39, 0.29) is 12.3 Å². The molecule has 26 heavy (non-hydrogen) atoms. The van der Waals surface area contributed by atoms with Crippen LogP contribution in [0.4, 0.5) is 5.69 Å². The Morgan fingerprint density at radius 2 is 1.92 bits per heavy atom. The van der Waals surface area contributed by atoms with E-state index >= 15 is 0 Å². The zero-order chi connectivity index (χ0) is 18.7. The van der Waals surface area contributed by atoms with E-state index in [1.165, 1.54) is 0 Å². The van der Waals surface area contributed by atoms with Crippen molar-refractivity contribution in [2.24, 2.45) is 0 Å². The third kappa shape index (κ3) is 4.18. The Labute approximate surface area is 160 Å². The van der Waals surface area contributed by atoms with Gasteiger partial charge in [0.1, 0.15) is 18.1 Å². The van der Waals surface area contributed by atoms with Crippen LogP contribution in [0.25, 0.3) is 0 Å². The molecule has 1 aromatic heterocycles. The highest BCUT2D eigenvalue weighted by atomic mass is 35.5. The molecule has 0 bridgehead atoms. The van der Waals surface area contributed by atoms with Crippen LogP contribution in [0.2, 0.25) is 10.0 Å². The van der Waals surface area contributed by atoms with E-state index in [2.05, 4.69) is 10.5 Å². The first-order valence-electron chi connectivity index (χ1n) is 7.85. The lowest BCUT2D eigenvalue weighted by Crippen LogP contribution is -2.16. The summed E-state index contributed by atoms with van der Waals surface area (Å²) in [6.45, 7) is 3.74. The van der Waals surface area contributed by atoms with Gasteiger partial charge >= 0.3 is 0 Å². The summed E-state index contributed by atoms with van der Waals surface area (Å²) in [6, 6.07) is 12.3. The lowest BCUT2D eigenvalue weighted by molar-refractivity contribution is 0.101. The van der Waals surface area contributed by atoms with E-state index in [4.69, 9.17) is 32.5 Å². The second-order valence-corrected chi connectivity index (χ2v) is 6.60. The van der Waals surface area contributed by atoms with Crippen molar-refractivity contribution in [3.05, 3.63) is 75.1 Å². The minimum atomic E-state index is -0.392. The van der Waals surface area contributed by atoms with Gasteiger partial charge in [0, 0.05) is 15.7 Å². The minimum Gasteiger partial charge on any atom is -0.489 e. The number of hydrogen-bond donors (Lipinski definition) is 1. The van der Waals surface area contributed by atoms with Crippen LogP contribution in [0, 0.1) is 13.8 Å². The lowest BCUT2D eigenvalue weighted by atomic mass is 10.1. The monoisotopic (exact) mass is 390 g/mol. The molecule has 7 heteroatoms. The van der Waals surface area contributed by atoms with Crippen molar-refractivity contribution in [2.75, 3.05) is 5.32 Å². The van der Waals surface area contributed by atoms with Crippen molar-refractivity contribution in [1.82, 2.24) is 5.16 Å². The summed E-state index contributed by atoms with van der Waals surface area (Å²) in [6.07, 6.45) is 0. The van der Waals surface area contributed by atoms with Gasteiger partial charge in [-0.15, -0.1) is 0 Å². The first kappa shape index (κ1) is 18.3. The maximum atomic E-state index is 12.6. The second kappa shape index (κ2) is 7.81. The standard InChI is InChI=1S/C19H16Cl2N2O3/c1-11-6-7-14(21)9-17(11)22-19(24)18-16(12(2)26-23-18)10-25-15-5-3-4-13(20)8-15/h3-9H,10H2,1-2H3,(H,22,24). The van der Waals surface area contributed by atoms with Crippen molar-refractivity contribution >= 4 is 34.8 Å². The molecule has 1 heterocycles. The Balaban J connectivity index is 1.78. The molecule has 0 aliphatic heterocycles. The molecular weight excluding hydrogens is 375 g/mol. The molecule has 1 amide bonds. The topological polar surface area (TPSA) is 64.4 Å². The zero-order valence-corrected chi connectivity index (χ0v) is 15.7. The molecule has 0 radical (unpaired) electrons. The zero-order valence-electron chi connectivity index (χ0n) is 14.2. The fourth-order valence-electron chi connectivity index (χ4n) is 2.36. The van der Waals surface area contributed by atoms with Crippen LogP contribution < -0.4 is 10.1 Å². The van der Waals surface area contributed by atoms with E-state index in [0.29, 0.717) is 32.8 Å². The van der Waals surface area contributed by atoms with E-state index in [0.717, 1.165) is 5.56 Å². The Morgan fingerprint density at radius 1 is 1.15 bits per heavy atom. The maximum absolute atomic E-state index is 12.6. The predicted molar refractivity (Wildman–Crippen MR) is 101 cm³/mol. The second-order valence-electron chi connectivity index (χ2n) is 5.73. The fourth-order valence-corrected chi connectivity index (χ4v) is 2.71. The smallest absolute Gasteiger partial charge is 0.278 e. The number of halogens is 2. The van der Waals surface area contributed by atoms with Crippen molar-refractivity contribution in [1.29, 1.82) is 0 Å². The molecule has 0 saturated heterocycles. The van der Waals surface area contributed by atoms with Crippen LogP contribution in [0.15, 0.2) is 47.0 Å². The number of nitrogens with one attached hydrogen (secondary N) is 1. The van der Waals surface area contributed by atoms with Gasteiger partial charge in [-0.25, -0.2) is 0 Å². The first-order chi connectivity index (χ1) is 12.4. The number of ether oxygens (including phenoxy) is 1. The highest BCUT2D eigenvalue weighted by Gasteiger charge is 2.21. The van der Waals surface area contributed by atoms with Gasteiger partial charge in [-0.05, 0) is 49.7 Å². The lowest BCUT2D eigenvalue weighted by Gasteiger charge is -2.09. The van der Waals surface area contributed by atoms with E-state index in [9.17, 15) is 4.79 Å². The van der Waals surface area contributed by atoms with E-state index in [1.807, 2.05) is 13.0 Å². The summed E-state index contributed by atoms with van der Waals surface area (Å²) in [5.41, 5.74) is 2.25. The number of carbonyl (C=O) groups is 1. The van der Waals surface area contributed by atoms with Gasteiger partial charge in [-0.1, -0.05) is 40.5 Å². The van der Waals surface area contributed by atoms with Crippen LogP contribution >= 0.6 is 23.2 Å². The number of rotatable bonds is 5. The van der Waals surface area contributed by atoms with Gasteiger partial charge in [0.15, 0.2) is 5.69 Å². The molecule has 1 N–H and O–H groups in total. The number of hydrogen-bond acceptors (Lipinski definition) is 4. The van der Waals surface area contributed by atoms with Crippen molar-refractivity contribution < 1.29 is 14.1 Å². The summed E-state index contributed by atoms with van der Waals surface area (Å²) >= 11 is 11.9. The Kier molecular flexibility index (Phi) is 5.49. The fraction of sp³-hybridized carbons (Fsp3) is 0.158. The molecule has 2 aromatic carbocycles. The Hall–Kier alpha value is -2.50. The molecule has 0 atom stereocenters. The summed E-state index contributed by atoms with van der Waals surface area (Å²) in [5, 5.41) is 7.78. The summed E-state index contributed by atoms with van der Waals surface area (Å²) < 4.78 is 10.9. The number of amides is 1. The van der Waals surface area contributed by atoms with Gasteiger partial charge in [0.25, 0.3) is 5.91 Å². The Bertz CT molecular complexity index is 954. The molecule has 3 aromatic rings. The molecular formula is C19H16Cl2N2O3. The van der Waals surface area contributed by atoms with Crippen molar-refractivity contribution in [3.8, 4) is 5.75 Å². The third-order valence-electron chi connectivity index (χ3n) is 3.83. The average Bonchev–Trinajstić information content (AvgIpc) is 2.97. The number of aromatic nitrogens is 1. The number of carbonyl (C=O) groups excluding carboxylic acids is 1. The van der Waals surface area contributed by atoms with Gasteiger partial charge in [-0.2, -0.15) is 0 Å². The van der Waals surface area contributed by atoms with E-state index in [1.54, 1.807) is 43.3 Å². The number of aryl methyl sites for hydroxylation is 2. The van der Waals surface area contributed by atoms with Gasteiger partial charge in [0.05, 0.1) is 5.56 Å². The number of nitrogens with zero attached hydrogens (tertiary/aromatic N) is 1. The third-order valence-corrected chi connectivity index (χ3v) is 4.30. The summed E-state index contributed by atoms with van der Waals surface area (Å²) in [7, 11) is 0. The maximum Gasteiger partial charge on any atom is 0.278 e. The summed E-state index contributed by atoms with van der Waals surface area (Å²) in [4.78, 5) is 12.6. The van der Waals surface area contributed by atoms with Gasteiger partial charge < -0.3 is 14.6 Å². The van der Waals surface area contributed by atoms with Crippen LogP contribution in [-0.4, -0.2) is 11.1 Å². The predicted octanol–water partition coefficient (Wildman–Crippen LogP) is 5.43. The van der Waals surface area contributed by atoms with E-state index < -0.39 is 5.91 Å². The first-order valence-corrected chi connectivity index (χ1v) is 8.60. The van der Waals surface area contributed by atoms with Crippen LogP contribution in [-0.2, 0) is 6.61 Å². The molecule has 0 spiro atoms. The minimum absolute atomic E-state index is 0.132. The van der Waals surface area contributed by atoms with Gasteiger partial charge in [-0.3, -0.25) is 4.79 Å². The molecule has 5 nitrogen and oxygen atoms in total. The highest BCUT2D eigenvalue weighted by Crippen LogP contribution is 2.23. The average molecular weight is 391 g/mol. The molecule has 0 fully saturated rings. The van der Waals surface area contributed by atoms with Crippen LogP contribution in [0.1, 0.15) is 27.4 Å².